The summed E-state index contributed by atoms with van der Waals surface area (Å²) in [5, 5.41) is 13.7. The molecule has 1 fully saturated rings. The van der Waals surface area contributed by atoms with Crippen LogP contribution in [0.1, 0.15) is 39.0 Å². The third kappa shape index (κ3) is 5.46. The zero-order valence-electron chi connectivity index (χ0n) is 11.9. The van der Waals surface area contributed by atoms with Crippen LogP contribution in [0.4, 0.5) is 4.79 Å². The van der Waals surface area contributed by atoms with Gasteiger partial charge in [0.05, 0.1) is 6.54 Å². The van der Waals surface area contributed by atoms with Crippen molar-refractivity contribution >= 4 is 17.9 Å². The van der Waals surface area contributed by atoms with E-state index in [9.17, 15) is 14.4 Å². The van der Waals surface area contributed by atoms with E-state index in [0.717, 1.165) is 32.4 Å². The van der Waals surface area contributed by atoms with Crippen molar-refractivity contribution < 1.29 is 19.5 Å². The molecule has 0 spiro atoms. The van der Waals surface area contributed by atoms with E-state index in [1.165, 1.54) is 0 Å². The van der Waals surface area contributed by atoms with Gasteiger partial charge in [0.1, 0.15) is 6.04 Å². The molecule has 114 valence electrons. The first-order chi connectivity index (χ1) is 9.54. The Morgan fingerprint density at radius 1 is 1.20 bits per heavy atom. The summed E-state index contributed by atoms with van der Waals surface area (Å²) in [4.78, 5) is 36.0. The molecule has 7 heteroatoms. The highest BCUT2D eigenvalue weighted by Gasteiger charge is 2.20. The fourth-order valence-electron chi connectivity index (χ4n) is 2.17. The second kappa shape index (κ2) is 8.39. The molecule has 0 radical (unpaired) electrons. The topological polar surface area (TPSA) is 98.7 Å². The number of hydrogen-bond donors (Lipinski definition) is 3. The minimum absolute atomic E-state index is 0.0930. The Morgan fingerprint density at radius 3 is 2.40 bits per heavy atom. The molecule has 1 saturated heterocycles. The minimum Gasteiger partial charge on any atom is -0.480 e. The molecular weight excluding hydrogens is 262 g/mol. The van der Waals surface area contributed by atoms with Crippen LogP contribution in [0.3, 0.4) is 0 Å². The van der Waals surface area contributed by atoms with Crippen LogP contribution in [-0.2, 0) is 9.59 Å². The molecule has 1 heterocycles. The lowest BCUT2D eigenvalue weighted by atomic mass is 10.1. The van der Waals surface area contributed by atoms with Crippen LogP contribution in [0.25, 0.3) is 0 Å². The number of rotatable bonds is 6. The van der Waals surface area contributed by atoms with Gasteiger partial charge < -0.3 is 20.6 Å². The molecule has 0 aliphatic carbocycles. The van der Waals surface area contributed by atoms with Crippen molar-refractivity contribution in [3.05, 3.63) is 0 Å². The van der Waals surface area contributed by atoms with Crippen LogP contribution in [0.2, 0.25) is 0 Å². The largest absolute Gasteiger partial charge is 0.480 e. The maximum absolute atomic E-state index is 11.8. The van der Waals surface area contributed by atoms with Crippen molar-refractivity contribution in [3.63, 3.8) is 0 Å². The summed E-state index contributed by atoms with van der Waals surface area (Å²) in [6.45, 7) is 3.21. The number of aliphatic carboxylic acids is 1. The average molecular weight is 285 g/mol. The highest BCUT2D eigenvalue weighted by Crippen LogP contribution is 2.08. The number of piperidine rings is 1. The van der Waals surface area contributed by atoms with Gasteiger partial charge in [0, 0.05) is 13.1 Å². The number of carboxylic acids is 1. The van der Waals surface area contributed by atoms with E-state index in [4.69, 9.17) is 5.11 Å². The van der Waals surface area contributed by atoms with Crippen molar-refractivity contribution in [2.75, 3.05) is 19.6 Å². The summed E-state index contributed by atoms with van der Waals surface area (Å²) >= 11 is 0. The lowest BCUT2D eigenvalue weighted by Crippen LogP contribution is -2.49. The van der Waals surface area contributed by atoms with E-state index < -0.39 is 18.0 Å². The van der Waals surface area contributed by atoms with Crippen molar-refractivity contribution in [1.29, 1.82) is 0 Å². The van der Waals surface area contributed by atoms with Gasteiger partial charge in [-0.3, -0.25) is 4.79 Å². The number of nitrogens with zero attached hydrogens (tertiary/aromatic N) is 1. The first-order valence-electron chi connectivity index (χ1n) is 7.09. The number of hydrogen-bond acceptors (Lipinski definition) is 3. The highest BCUT2D eigenvalue weighted by atomic mass is 16.4. The first-order valence-corrected chi connectivity index (χ1v) is 7.09. The van der Waals surface area contributed by atoms with Crippen LogP contribution in [0.5, 0.6) is 0 Å². The smallest absolute Gasteiger partial charge is 0.326 e. The van der Waals surface area contributed by atoms with Crippen molar-refractivity contribution in [3.8, 4) is 0 Å². The molecule has 1 aliphatic rings. The van der Waals surface area contributed by atoms with Crippen molar-refractivity contribution in [1.82, 2.24) is 15.5 Å². The number of carbonyl (C=O) groups excluding carboxylic acids is 2. The lowest BCUT2D eigenvalue weighted by molar-refractivity contribution is -0.139. The van der Waals surface area contributed by atoms with Crippen LogP contribution < -0.4 is 10.6 Å². The number of carboxylic acid groups (broad SMARTS) is 1. The van der Waals surface area contributed by atoms with E-state index in [0.29, 0.717) is 12.8 Å². The van der Waals surface area contributed by atoms with E-state index in [-0.39, 0.29) is 12.5 Å². The van der Waals surface area contributed by atoms with Gasteiger partial charge in [-0.2, -0.15) is 0 Å². The minimum atomic E-state index is -1.07. The molecule has 20 heavy (non-hydrogen) atoms. The van der Waals surface area contributed by atoms with Crippen molar-refractivity contribution in [2.45, 2.75) is 45.1 Å². The number of amides is 3. The van der Waals surface area contributed by atoms with Gasteiger partial charge in [-0.15, -0.1) is 0 Å². The molecule has 1 atom stereocenters. The number of likely N-dealkylation sites (tertiary alicyclic amines) is 1. The third-order valence-corrected chi connectivity index (χ3v) is 3.29. The van der Waals surface area contributed by atoms with Gasteiger partial charge in [0.2, 0.25) is 5.91 Å². The van der Waals surface area contributed by atoms with Gasteiger partial charge in [0.25, 0.3) is 0 Å². The third-order valence-electron chi connectivity index (χ3n) is 3.29. The Bertz CT molecular complexity index is 354. The number of carbonyl (C=O) groups is 3. The molecule has 0 aromatic carbocycles. The molecule has 0 unspecified atom stereocenters. The Labute approximate surface area is 118 Å². The van der Waals surface area contributed by atoms with Gasteiger partial charge in [-0.1, -0.05) is 13.3 Å². The van der Waals surface area contributed by atoms with E-state index >= 15 is 0 Å². The molecule has 1 rings (SSSR count). The summed E-state index contributed by atoms with van der Waals surface area (Å²) in [6, 6.07) is -1.53. The van der Waals surface area contributed by atoms with E-state index in [2.05, 4.69) is 10.6 Å². The molecule has 0 aromatic heterocycles. The van der Waals surface area contributed by atoms with Gasteiger partial charge in [-0.05, 0) is 25.7 Å². The normalized spacial score (nSPS) is 16.4. The summed E-state index contributed by atoms with van der Waals surface area (Å²) < 4.78 is 0. The van der Waals surface area contributed by atoms with Crippen LogP contribution >= 0.6 is 0 Å². The number of urea groups is 1. The SMILES string of the molecule is CCC[C@H](NC(=O)NCC(=O)N1CCCCC1)C(=O)O. The Hall–Kier alpha value is -1.79. The fraction of sp³-hybridized carbons (Fsp3) is 0.769. The van der Waals surface area contributed by atoms with Gasteiger partial charge in [-0.25, -0.2) is 9.59 Å². The fourth-order valence-corrected chi connectivity index (χ4v) is 2.17. The molecule has 0 aromatic rings. The summed E-state index contributed by atoms with van der Waals surface area (Å²) in [5.74, 6) is -1.19. The maximum Gasteiger partial charge on any atom is 0.326 e. The number of nitrogens with one attached hydrogen (secondary N) is 2. The second-order valence-corrected chi connectivity index (χ2v) is 4.95. The lowest BCUT2D eigenvalue weighted by Gasteiger charge is -2.26. The standard InChI is InChI=1S/C13H23N3O4/c1-2-6-10(12(18)19)15-13(20)14-9-11(17)16-7-4-3-5-8-16/h10H,2-9H2,1H3,(H,18,19)(H2,14,15,20)/t10-/m0/s1. The summed E-state index contributed by atoms with van der Waals surface area (Å²) in [7, 11) is 0. The summed E-state index contributed by atoms with van der Waals surface area (Å²) in [5.41, 5.74) is 0. The molecule has 3 N–H and O–H groups in total. The second-order valence-electron chi connectivity index (χ2n) is 4.95. The molecule has 3 amide bonds. The molecule has 0 saturated carbocycles. The van der Waals surface area contributed by atoms with Crippen LogP contribution in [0.15, 0.2) is 0 Å². The predicted molar refractivity (Wildman–Crippen MR) is 73.3 cm³/mol. The molecule has 0 bridgehead atoms. The average Bonchev–Trinajstić information content (AvgIpc) is 2.45. The Balaban J connectivity index is 2.30. The first kappa shape index (κ1) is 16.3. The molecule has 1 aliphatic heterocycles. The van der Waals surface area contributed by atoms with E-state index in [1.54, 1.807) is 4.90 Å². The predicted octanol–water partition coefficient (Wildman–Crippen LogP) is 0.551. The van der Waals surface area contributed by atoms with Crippen LogP contribution in [0, 0.1) is 0 Å². The zero-order chi connectivity index (χ0) is 15.0. The summed E-state index contributed by atoms with van der Waals surface area (Å²) in [6.07, 6.45) is 4.15. The molecule has 7 nitrogen and oxygen atoms in total. The van der Waals surface area contributed by atoms with Crippen LogP contribution in [-0.4, -0.2) is 53.6 Å². The van der Waals surface area contributed by atoms with Crippen molar-refractivity contribution in [2.24, 2.45) is 0 Å². The van der Waals surface area contributed by atoms with Gasteiger partial charge in [0.15, 0.2) is 0 Å². The quantitative estimate of drug-likeness (QED) is 0.663. The molecular formula is C13H23N3O4. The maximum atomic E-state index is 11.8. The Morgan fingerprint density at radius 2 is 1.85 bits per heavy atom. The zero-order valence-corrected chi connectivity index (χ0v) is 11.9. The van der Waals surface area contributed by atoms with Gasteiger partial charge >= 0.3 is 12.0 Å². The van der Waals surface area contributed by atoms with E-state index in [1.807, 2.05) is 6.92 Å². The highest BCUT2D eigenvalue weighted by molar-refractivity contribution is 5.86. The monoisotopic (exact) mass is 285 g/mol. The Kier molecular flexibility index (Phi) is 6.83.